The molecule has 0 bridgehead atoms. The lowest BCUT2D eigenvalue weighted by atomic mass is 10.0. The first-order valence-corrected chi connectivity index (χ1v) is 4.87. The van der Waals surface area contributed by atoms with Gasteiger partial charge in [0, 0.05) is 12.0 Å². The second-order valence-electron chi connectivity index (χ2n) is 3.36. The van der Waals surface area contributed by atoms with Gasteiger partial charge < -0.3 is 4.74 Å². The summed E-state index contributed by atoms with van der Waals surface area (Å²) in [6.07, 6.45) is 1.49. The van der Waals surface area contributed by atoms with E-state index in [1.807, 2.05) is 32.0 Å². The van der Waals surface area contributed by atoms with Gasteiger partial charge in [0.05, 0.1) is 7.11 Å². The fourth-order valence-corrected chi connectivity index (χ4v) is 1.36. The Balaban J connectivity index is 2.94. The highest BCUT2D eigenvalue weighted by Crippen LogP contribution is 2.19. The van der Waals surface area contributed by atoms with Crippen LogP contribution in [0.3, 0.4) is 0 Å². The van der Waals surface area contributed by atoms with Crippen LogP contribution in [0.1, 0.15) is 35.7 Å². The number of hydrogen-bond acceptors (Lipinski definition) is 2. The lowest BCUT2D eigenvalue weighted by molar-refractivity contribution is 0.0981. The molecule has 0 amide bonds. The summed E-state index contributed by atoms with van der Waals surface area (Å²) in [5, 5.41) is 0. The molecule has 0 aromatic heterocycles. The molecule has 1 aromatic carbocycles. The van der Waals surface area contributed by atoms with Crippen LogP contribution in [-0.2, 0) is 0 Å². The molecule has 0 aliphatic rings. The Labute approximate surface area is 84.9 Å². The molecule has 2 nitrogen and oxygen atoms in total. The Morgan fingerprint density at radius 1 is 1.43 bits per heavy atom. The molecule has 76 valence electrons. The minimum Gasteiger partial charge on any atom is -0.496 e. The van der Waals surface area contributed by atoms with Gasteiger partial charge in [-0.25, -0.2) is 0 Å². The predicted octanol–water partition coefficient (Wildman–Crippen LogP) is 2.99. The van der Waals surface area contributed by atoms with Crippen molar-refractivity contribution in [3.05, 3.63) is 29.3 Å². The van der Waals surface area contributed by atoms with Crippen LogP contribution in [0.4, 0.5) is 0 Å². The molecule has 0 spiro atoms. The second kappa shape index (κ2) is 4.80. The molecule has 0 saturated heterocycles. The summed E-state index contributed by atoms with van der Waals surface area (Å²) < 4.78 is 5.16. The number of aryl methyl sites for hydroxylation is 1. The molecule has 0 atom stereocenters. The number of ketones is 1. The number of benzene rings is 1. The Morgan fingerprint density at radius 3 is 2.71 bits per heavy atom. The first-order valence-electron chi connectivity index (χ1n) is 4.87. The van der Waals surface area contributed by atoms with Crippen molar-refractivity contribution in [1.82, 2.24) is 0 Å². The van der Waals surface area contributed by atoms with Crippen LogP contribution in [0.15, 0.2) is 18.2 Å². The smallest absolute Gasteiger partial charge is 0.162 e. The number of carbonyl (C=O) groups is 1. The molecule has 2 heteroatoms. The summed E-state index contributed by atoms with van der Waals surface area (Å²) in [4.78, 5) is 11.6. The Hall–Kier alpha value is -1.31. The minimum absolute atomic E-state index is 0.186. The topological polar surface area (TPSA) is 26.3 Å². The zero-order chi connectivity index (χ0) is 10.6. The van der Waals surface area contributed by atoms with E-state index in [0.717, 1.165) is 23.3 Å². The molecule has 0 unspecified atom stereocenters. The fraction of sp³-hybridized carbons (Fsp3) is 0.417. The van der Waals surface area contributed by atoms with Crippen molar-refractivity contribution >= 4 is 5.78 Å². The number of rotatable bonds is 4. The third-order valence-corrected chi connectivity index (χ3v) is 2.21. The van der Waals surface area contributed by atoms with Gasteiger partial charge in [0.25, 0.3) is 0 Å². The lowest BCUT2D eigenvalue weighted by Crippen LogP contribution is -1.99. The first-order chi connectivity index (χ1) is 6.69. The molecular weight excluding hydrogens is 176 g/mol. The van der Waals surface area contributed by atoms with E-state index in [0.29, 0.717) is 6.42 Å². The van der Waals surface area contributed by atoms with E-state index >= 15 is 0 Å². The number of carbonyl (C=O) groups excluding carboxylic acids is 1. The summed E-state index contributed by atoms with van der Waals surface area (Å²) >= 11 is 0. The van der Waals surface area contributed by atoms with Gasteiger partial charge in [0.2, 0.25) is 0 Å². The Morgan fingerprint density at radius 2 is 2.14 bits per heavy atom. The van der Waals surface area contributed by atoms with Crippen molar-refractivity contribution in [2.45, 2.75) is 26.7 Å². The Kier molecular flexibility index (Phi) is 3.69. The highest BCUT2D eigenvalue weighted by molar-refractivity contribution is 5.96. The van der Waals surface area contributed by atoms with Gasteiger partial charge in [-0.15, -0.1) is 0 Å². The van der Waals surface area contributed by atoms with Gasteiger partial charge in [-0.05, 0) is 25.0 Å². The quantitative estimate of drug-likeness (QED) is 0.685. The molecule has 0 N–H and O–H groups in total. The summed E-state index contributed by atoms with van der Waals surface area (Å²) in [5.41, 5.74) is 1.80. The Bertz CT molecular complexity index is 329. The number of ether oxygens (including phenoxy) is 1. The van der Waals surface area contributed by atoms with E-state index in [2.05, 4.69) is 0 Å². The van der Waals surface area contributed by atoms with Crippen LogP contribution in [0.5, 0.6) is 5.75 Å². The van der Waals surface area contributed by atoms with Crippen molar-refractivity contribution in [3.63, 3.8) is 0 Å². The van der Waals surface area contributed by atoms with E-state index in [4.69, 9.17) is 4.74 Å². The first kappa shape index (κ1) is 10.8. The normalized spacial score (nSPS) is 9.93. The zero-order valence-electron chi connectivity index (χ0n) is 8.96. The van der Waals surface area contributed by atoms with Crippen LogP contribution in [0.2, 0.25) is 0 Å². The average molecular weight is 192 g/mol. The average Bonchev–Trinajstić information content (AvgIpc) is 2.19. The van der Waals surface area contributed by atoms with Gasteiger partial charge in [-0.2, -0.15) is 0 Å². The van der Waals surface area contributed by atoms with Crippen LogP contribution in [0, 0.1) is 6.92 Å². The lowest BCUT2D eigenvalue weighted by Gasteiger charge is -2.06. The predicted molar refractivity (Wildman–Crippen MR) is 57.0 cm³/mol. The molecule has 0 fully saturated rings. The summed E-state index contributed by atoms with van der Waals surface area (Å²) in [6.45, 7) is 3.97. The van der Waals surface area contributed by atoms with Crippen molar-refractivity contribution in [2.24, 2.45) is 0 Å². The number of Topliss-reactive ketones (excluding diaryl/α,β-unsaturated/α-hetero) is 1. The van der Waals surface area contributed by atoms with Crippen LogP contribution < -0.4 is 4.74 Å². The minimum atomic E-state index is 0.186. The molecule has 0 aliphatic heterocycles. The highest BCUT2D eigenvalue weighted by atomic mass is 16.5. The second-order valence-corrected chi connectivity index (χ2v) is 3.36. The van der Waals surface area contributed by atoms with E-state index < -0.39 is 0 Å². The monoisotopic (exact) mass is 192 g/mol. The molecule has 0 heterocycles. The molecule has 0 radical (unpaired) electrons. The molecular formula is C12H16O2. The molecule has 0 aliphatic carbocycles. The number of hydrogen-bond donors (Lipinski definition) is 0. The summed E-state index contributed by atoms with van der Waals surface area (Å²) in [7, 11) is 1.62. The van der Waals surface area contributed by atoms with Crippen molar-refractivity contribution in [3.8, 4) is 5.75 Å². The number of methoxy groups -OCH3 is 1. The third kappa shape index (κ3) is 2.34. The van der Waals surface area contributed by atoms with Gasteiger partial charge in [-0.1, -0.05) is 19.1 Å². The van der Waals surface area contributed by atoms with Gasteiger partial charge in [-0.3, -0.25) is 4.79 Å². The molecule has 0 saturated carbocycles. The standard InChI is InChI=1S/C12H16O2/c1-4-5-11(13)10-7-6-9(2)12(8-10)14-3/h6-8H,4-5H2,1-3H3. The van der Waals surface area contributed by atoms with Gasteiger partial charge >= 0.3 is 0 Å². The van der Waals surface area contributed by atoms with E-state index in [1.54, 1.807) is 7.11 Å². The van der Waals surface area contributed by atoms with Gasteiger partial charge in [0.1, 0.15) is 5.75 Å². The fourth-order valence-electron chi connectivity index (χ4n) is 1.36. The highest BCUT2D eigenvalue weighted by Gasteiger charge is 2.06. The SMILES string of the molecule is CCCC(=O)c1ccc(C)c(OC)c1. The van der Waals surface area contributed by atoms with Crippen molar-refractivity contribution < 1.29 is 9.53 Å². The van der Waals surface area contributed by atoms with E-state index in [9.17, 15) is 4.79 Å². The van der Waals surface area contributed by atoms with Crippen LogP contribution >= 0.6 is 0 Å². The van der Waals surface area contributed by atoms with E-state index in [-0.39, 0.29) is 5.78 Å². The van der Waals surface area contributed by atoms with Crippen LogP contribution in [-0.4, -0.2) is 12.9 Å². The summed E-state index contributed by atoms with van der Waals surface area (Å²) in [5.74, 6) is 0.970. The van der Waals surface area contributed by atoms with Gasteiger partial charge in [0.15, 0.2) is 5.78 Å². The largest absolute Gasteiger partial charge is 0.496 e. The van der Waals surface area contributed by atoms with Crippen molar-refractivity contribution in [1.29, 1.82) is 0 Å². The molecule has 1 aromatic rings. The molecule has 1 rings (SSSR count). The maximum absolute atomic E-state index is 11.6. The van der Waals surface area contributed by atoms with Crippen molar-refractivity contribution in [2.75, 3.05) is 7.11 Å². The maximum atomic E-state index is 11.6. The molecule has 14 heavy (non-hydrogen) atoms. The summed E-state index contributed by atoms with van der Waals surface area (Å²) in [6, 6.07) is 5.59. The third-order valence-electron chi connectivity index (χ3n) is 2.21. The zero-order valence-corrected chi connectivity index (χ0v) is 8.96. The maximum Gasteiger partial charge on any atom is 0.162 e. The van der Waals surface area contributed by atoms with E-state index in [1.165, 1.54) is 0 Å². The van der Waals surface area contributed by atoms with Crippen LogP contribution in [0.25, 0.3) is 0 Å².